The molecule has 0 aliphatic carbocycles. The molecule has 0 aromatic heterocycles. The second kappa shape index (κ2) is 5.32. The third-order valence-corrected chi connectivity index (χ3v) is 8.36. The SMILES string of the molecule is CS(=O)(=O)CP(=O)(c1ccccc1)c1ccccc1. The van der Waals surface area contributed by atoms with Crippen molar-refractivity contribution in [3.05, 3.63) is 60.7 Å². The van der Waals surface area contributed by atoms with Gasteiger partial charge in [-0.25, -0.2) is 8.42 Å². The summed E-state index contributed by atoms with van der Waals surface area (Å²) in [7, 11) is -6.47. The van der Waals surface area contributed by atoms with Crippen molar-refractivity contribution in [2.75, 3.05) is 11.7 Å². The number of benzene rings is 2. The van der Waals surface area contributed by atoms with Crippen molar-refractivity contribution in [3.8, 4) is 0 Å². The molecule has 0 radical (unpaired) electrons. The normalized spacial score (nSPS) is 12.3. The van der Waals surface area contributed by atoms with E-state index in [0.29, 0.717) is 10.6 Å². The molecule has 0 unspecified atom stereocenters. The second-order valence-corrected chi connectivity index (χ2v) is 9.86. The molecule has 0 saturated heterocycles. The Labute approximate surface area is 113 Å². The Morgan fingerprint density at radius 1 is 0.842 bits per heavy atom. The van der Waals surface area contributed by atoms with Gasteiger partial charge in [-0.3, -0.25) is 0 Å². The standard InChI is InChI=1S/C14H15O3PS/c1-19(16,17)12-18(15,13-8-4-2-5-9-13)14-10-6-3-7-11-14/h2-11H,12H2,1H3. The molecule has 2 aromatic rings. The van der Waals surface area contributed by atoms with E-state index >= 15 is 0 Å². The maximum atomic E-state index is 13.3. The monoisotopic (exact) mass is 294 g/mol. The van der Waals surface area contributed by atoms with Crippen LogP contribution < -0.4 is 10.6 Å². The highest BCUT2D eigenvalue weighted by molar-refractivity contribution is 8.01. The lowest BCUT2D eigenvalue weighted by molar-refractivity contribution is 0.586. The van der Waals surface area contributed by atoms with Gasteiger partial charge in [-0.15, -0.1) is 0 Å². The minimum atomic E-state index is -3.34. The first-order chi connectivity index (χ1) is 8.92. The molecular weight excluding hydrogens is 279 g/mol. The lowest BCUT2D eigenvalue weighted by atomic mass is 10.4. The van der Waals surface area contributed by atoms with Crippen molar-refractivity contribution in [1.29, 1.82) is 0 Å². The number of sulfone groups is 1. The highest BCUT2D eigenvalue weighted by Gasteiger charge is 2.31. The van der Waals surface area contributed by atoms with Crippen LogP contribution in [-0.4, -0.2) is 20.2 Å². The first-order valence-electron chi connectivity index (χ1n) is 5.80. The van der Waals surface area contributed by atoms with Crippen molar-refractivity contribution in [3.63, 3.8) is 0 Å². The third kappa shape index (κ3) is 3.34. The summed E-state index contributed by atoms with van der Waals surface area (Å²) < 4.78 is 36.5. The summed E-state index contributed by atoms with van der Waals surface area (Å²) in [5, 5.41) is 1.15. The summed E-state index contributed by atoms with van der Waals surface area (Å²) in [5.74, 6) is 0. The summed E-state index contributed by atoms with van der Waals surface area (Å²) in [4.78, 5) is 0. The number of hydrogen-bond donors (Lipinski definition) is 0. The van der Waals surface area contributed by atoms with Crippen LogP contribution in [0.2, 0.25) is 0 Å². The predicted molar refractivity (Wildman–Crippen MR) is 79.5 cm³/mol. The van der Waals surface area contributed by atoms with Gasteiger partial charge < -0.3 is 4.57 Å². The predicted octanol–water partition coefficient (Wildman–Crippen LogP) is 2.00. The van der Waals surface area contributed by atoms with E-state index in [-0.39, 0.29) is 5.49 Å². The molecule has 0 bridgehead atoms. The Morgan fingerprint density at radius 3 is 1.53 bits per heavy atom. The quantitative estimate of drug-likeness (QED) is 0.810. The van der Waals surface area contributed by atoms with Gasteiger partial charge in [-0.1, -0.05) is 60.7 Å². The van der Waals surface area contributed by atoms with Crippen LogP contribution in [-0.2, 0) is 14.4 Å². The molecule has 0 saturated carbocycles. The van der Waals surface area contributed by atoms with Crippen molar-refractivity contribution in [1.82, 2.24) is 0 Å². The first kappa shape index (κ1) is 14.0. The minimum absolute atomic E-state index is 0.339. The molecule has 2 aromatic carbocycles. The van der Waals surface area contributed by atoms with Gasteiger partial charge in [-0.05, 0) is 0 Å². The van der Waals surface area contributed by atoms with Crippen LogP contribution in [0.25, 0.3) is 0 Å². The number of hydrogen-bond acceptors (Lipinski definition) is 3. The van der Waals surface area contributed by atoms with Crippen LogP contribution in [0, 0.1) is 0 Å². The molecule has 2 rings (SSSR count). The summed E-state index contributed by atoms with van der Waals surface area (Å²) in [6.45, 7) is 0. The smallest absolute Gasteiger partial charge is 0.157 e. The van der Waals surface area contributed by atoms with E-state index in [4.69, 9.17) is 0 Å². The highest BCUT2D eigenvalue weighted by atomic mass is 32.2. The topological polar surface area (TPSA) is 51.2 Å². The molecule has 0 atom stereocenters. The van der Waals surface area contributed by atoms with E-state index < -0.39 is 17.0 Å². The van der Waals surface area contributed by atoms with E-state index in [9.17, 15) is 13.0 Å². The Hall–Kier alpha value is -1.38. The molecule has 19 heavy (non-hydrogen) atoms. The maximum absolute atomic E-state index is 13.3. The molecule has 0 aliphatic heterocycles. The average Bonchev–Trinajstić information content (AvgIpc) is 2.39. The highest BCUT2D eigenvalue weighted by Crippen LogP contribution is 2.44. The Bertz CT molecular complexity index is 650. The third-order valence-electron chi connectivity index (χ3n) is 2.76. The molecule has 0 heterocycles. The van der Waals surface area contributed by atoms with E-state index in [1.807, 2.05) is 12.1 Å². The van der Waals surface area contributed by atoms with Crippen LogP contribution in [0.4, 0.5) is 0 Å². The zero-order valence-electron chi connectivity index (χ0n) is 10.6. The van der Waals surface area contributed by atoms with Gasteiger partial charge in [-0.2, -0.15) is 0 Å². The molecule has 3 nitrogen and oxygen atoms in total. The molecular formula is C14H15O3PS. The van der Waals surface area contributed by atoms with Crippen molar-refractivity contribution in [2.45, 2.75) is 0 Å². The first-order valence-corrected chi connectivity index (χ1v) is 9.75. The van der Waals surface area contributed by atoms with E-state index in [2.05, 4.69) is 0 Å². The van der Waals surface area contributed by atoms with E-state index in [0.717, 1.165) is 6.26 Å². The molecule has 0 aliphatic rings. The molecule has 100 valence electrons. The van der Waals surface area contributed by atoms with Crippen LogP contribution >= 0.6 is 7.14 Å². The maximum Gasteiger partial charge on any atom is 0.157 e. The lowest BCUT2D eigenvalue weighted by Gasteiger charge is -2.18. The van der Waals surface area contributed by atoms with Crippen molar-refractivity contribution < 1.29 is 13.0 Å². The Balaban J connectivity index is 2.61. The second-order valence-electron chi connectivity index (χ2n) is 4.47. The Kier molecular flexibility index (Phi) is 3.93. The largest absolute Gasteiger partial charge is 0.313 e. The van der Waals surface area contributed by atoms with Crippen molar-refractivity contribution in [2.24, 2.45) is 0 Å². The summed E-state index contributed by atoms with van der Waals surface area (Å²) in [6.07, 6.45) is 1.12. The fraction of sp³-hybridized carbons (Fsp3) is 0.143. The van der Waals surface area contributed by atoms with Gasteiger partial charge in [0.1, 0.15) is 5.49 Å². The summed E-state index contributed by atoms with van der Waals surface area (Å²) in [6, 6.07) is 17.6. The molecule has 5 heteroatoms. The van der Waals surface area contributed by atoms with Gasteiger partial charge in [0, 0.05) is 16.9 Å². The molecule has 0 N–H and O–H groups in total. The summed E-state index contributed by atoms with van der Waals surface area (Å²) in [5.41, 5.74) is -0.339. The zero-order chi connectivity index (χ0) is 13.9. The average molecular weight is 294 g/mol. The molecule has 0 amide bonds. The zero-order valence-corrected chi connectivity index (χ0v) is 12.3. The number of rotatable bonds is 4. The van der Waals surface area contributed by atoms with Gasteiger partial charge in [0.15, 0.2) is 17.0 Å². The lowest BCUT2D eigenvalue weighted by Crippen LogP contribution is -2.21. The van der Waals surface area contributed by atoms with Crippen molar-refractivity contribution >= 4 is 27.6 Å². The summed E-state index contributed by atoms with van der Waals surface area (Å²) >= 11 is 0. The van der Waals surface area contributed by atoms with Gasteiger partial charge in [0.05, 0.1) is 0 Å². The Morgan fingerprint density at radius 2 is 1.21 bits per heavy atom. The van der Waals surface area contributed by atoms with Crippen LogP contribution in [0.5, 0.6) is 0 Å². The molecule has 0 spiro atoms. The van der Waals surface area contributed by atoms with Gasteiger partial charge >= 0.3 is 0 Å². The van der Waals surface area contributed by atoms with Gasteiger partial charge in [0.25, 0.3) is 0 Å². The fourth-order valence-electron chi connectivity index (χ4n) is 1.97. The van der Waals surface area contributed by atoms with E-state index in [1.54, 1.807) is 48.5 Å². The van der Waals surface area contributed by atoms with E-state index in [1.165, 1.54) is 0 Å². The fourth-order valence-corrected chi connectivity index (χ4v) is 7.41. The van der Waals surface area contributed by atoms with Gasteiger partial charge in [0.2, 0.25) is 0 Å². The van der Waals surface area contributed by atoms with Crippen LogP contribution in [0.15, 0.2) is 60.7 Å². The van der Waals surface area contributed by atoms with Crippen LogP contribution in [0.1, 0.15) is 0 Å². The van der Waals surface area contributed by atoms with Crippen LogP contribution in [0.3, 0.4) is 0 Å². The minimum Gasteiger partial charge on any atom is -0.313 e. The molecule has 0 fully saturated rings.